The lowest BCUT2D eigenvalue weighted by Gasteiger charge is -2.44. The highest BCUT2D eigenvalue weighted by Crippen LogP contribution is 2.46. The van der Waals surface area contributed by atoms with Crippen molar-refractivity contribution in [3.63, 3.8) is 0 Å². The molecule has 0 saturated heterocycles. The van der Waals surface area contributed by atoms with E-state index in [0.29, 0.717) is 5.02 Å². The maximum absolute atomic E-state index is 13.6. The zero-order valence-corrected chi connectivity index (χ0v) is 19.5. The normalized spacial score (nSPS) is 19.0. The van der Waals surface area contributed by atoms with E-state index >= 15 is 0 Å². The van der Waals surface area contributed by atoms with E-state index in [9.17, 15) is 27.8 Å². The van der Waals surface area contributed by atoms with Crippen molar-refractivity contribution < 1.29 is 18.0 Å². The number of nitroso groups, excluding NO2 is 2. The fourth-order valence-corrected chi connectivity index (χ4v) is 4.95. The van der Waals surface area contributed by atoms with E-state index in [2.05, 4.69) is 15.1 Å². The van der Waals surface area contributed by atoms with E-state index in [4.69, 9.17) is 23.2 Å². The number of halogens is 2. The van der Waals surface area contributed by atoms with E-state index in [1.165, 1.54) is 30.3 Å². The predicted molar refractivity (Wildman–Crippen MR) is 123 cm³/mol. The van der Waals surface area contributed by atoms with Crippen LogP contribution in [0.3, 0.4) is 0 Å². The van der Waals surface area contributed by atoms with E-state index in [1.807, 2.05) is 0 Å². The second-order valence-corrected chi connectivity index (χ2v) is 10.1. The third-order valence-electron chi connectivity index (χ3n) is 5.27. The zero-order chi connectivity index (χ0) is 24.3. The molecule has 0 fully saturated rings. The Kier molecular flexibility index (Phi) is 7.58. The molecular formula is C20H18Cl2N4O6S. The maximum Gasteiger partial charge on any atom is 0.296 e. The van der Waals surface area contributed by atoms with Crippen LogP contribution in [0.2, 0.25) is 10.0 Å². The molecule has 0 bridgehead atoms. The molecule has 0 saturated carbocycles. The van der Waals surface area contributed by atoms with Gasteiger partial charge < -0.3 is 4.90 Å². The topological polar surface area (TPSA) is 142 Å². The molecule has 1 aliphatic rings. The lowest BCUT2D eigenvalue weighted by Crippen LogP contribution is -2.54. The van der Waals surface area contributed by atoms with Crippen molar-refractivity contribution in [1.82, 2.24) is 9.62 Å². The monoisotopic (exact) mass is 512 g/mol. The highest BCUT2D eigenvalue weighted by molar-refractivity contribution is 7.88. The first-order valence-corrected chi connectivity index (χ1v) is 12.2. The molecular weight excluding hydrogens is 495 g/mol. The summed E-state index contributed by atoms with van der Waals surface area (Å²) in [5.74, 6) is -2.92. The van der Waals surface area contributed by atoms with Crippen LogP contribution in [0.25, 0.3) is 0 Å². The highest BCUT2D eigenvalue weighted by Gasteiger charge is 2.47. The van der Waals surface area contributed by atoms with Crippen LogP contribution in [0.1, 0.15) is 33.4 Å². The molecule has 1 heterocycles. The molecule has 0 aromatic heterocycles. The molecule has 1 N–H and O–H groups in total. The van der Waals surface area contributed by atoms with Gasteiger partial charge in [0, 0.05) is 27.3 Å². The second kappa shape index (κ2) is 10.0. The Bertz CT molecular complexity index is 1220. The van der Waals surface area contributed by atoms with Crippen LogP contribution < -0.4 is 4.72 Å². The Morgan fingerprint density at radius 1 is 1.15 bits per heavy atom. The van der Waals surface area contributed by atoms with Gasteiger partial charge in [-0.2, -0.15) is 4.91 Å². The van der Waals surface area contributed by atoms with Crippen LogP contribution in [0, 0.1) is 9.81 Å². The zero-order valence-electron chi connectivity index (χ0n) is 17.1. The third kappa shape index (κ3) is 5.27. The summed E-state index contributed by atoms with van der Waals surface area (Å²) in [5.41, 5.74) is 0.630. The summed E-state index contributed by atoms with van der Waals surface area (Å²) < 4.78 is 25.6. The molecule has 2 aromatic rings. The Hall–Kier alpha value is -2.73. The fraction of sp³-hybridized carbons (Fsp3) is 0.300. The molecule has 10 nitrogen and oxygen atoms in total. The van der Waals surface area contributed by atoms with Gasteiger partial charge in [0.1, 0.15) is 6.54 Å². The summed E-state index contributed by atoms with van der Waals surface area (Å²) >= 11 is 12.4. The van der Waals surface area contributed by atoms with Crippen molar-refractivity contribution in [1.29, 1.82) is 0 Å². The number of carbonyl (C=O) groups excluding carboxylic acids is 2. The van der Waals surface area contributed by atoms with Crippen LogP contribution >= 0.6 is 23.2 Å². The molecule has 3 atom stereocenters. The van der Waals surface area contributed by atoms with Crippen molar-refractivity contribution >= 4 is 45.0 Å². The van der Waals surface area contributed by atoms with E-state index in [0.717, 1.165) is 11.2 Å². The highest BCUT2D eigenvalue weighted by atomic mass is 35.5. The van der Waals surface area contributed by atoms with E-state index in [1.54, 1.807) is 12.1 Å². The summed E-state index contributed by atoms with van der Waals surface area (Å²) in [4.78, 5) is 50.1. The van der Waals surface area contributed by atoms with Crippen LogP contribution in [0.15, 0.2) is 52.8 Å². The van der Waals surface area contributed by atoms with Gasteiger partial charge in [0.2, 0.25) is 10.0 Å². The minimum Gasteiger partial charge on any atom is -0.324 e. The molecule has 0 spiro atoms. The van der Waals surface area contributed by atoms with Gasteiger partial charge >= 0.3 is 0 Å². The van der Waals surface area contributed by atoms with Crippen LogP contribution in [-0.2, 0) is 14.8 Å². The maximum atomic E-state index is 13.6. The molecule has 0 radical (unpaired) electrons. The number of fused-ring (bicyclic) bond motifs is 1. The average molecular weight is 513 g/mol. The standard InChI is InChI=1S/C20H18Cl2N4O6S/c1-33(31,32)24-10-12(9-23-29)26-18(15-7-6-11(21)8-16(15)22)17(19(27)25-30)13-4-2-3-5-14(13)20(26)28/h2-8,12,17-18,24H,9-10H2,1H3/t12-,17?,18?/m0/s1. The molecule has 2 unspecified atom stereocenters. The number of hydrogen-bond acceptors (Lipinski definition) is 7. The Balaban J connectivity index is 2.28. The van der Waals surface area contributed by atoms with Crippen LogP contribution in [0.4, 0.5) is 0 Å². The van der Waals surface area contributed by atoms with E-state index in [-0.39, 0.29) is 28.3 Å². The smallest absolute Gasteiger partial charge is 0.296 e. The molecule has 0 aliphatic carbocycles. The number of nitrogens with zero attached hydrogens (tertiary/aromatic N) is 3. The van der Waals surface area contributed by atoms with Crippen molar-refractivity contribution in [2.45, 2.75) is 18.0 Å². The van der Waals surface area contributed by atoms with Crippen molar-refractivity contribution in [2.24, 2.45) is 10.4 Å². The number of carbonyl (C=O) groups is 2. The lowest BCUT2D eigenvalue weighted by atomic mass is 9.78. The lowest BCUT2D eigenvalue weighted by molar-refractivity contribution is -0.121. The quantitative estimate of drug-likeness (QED) is 0.537. The number of amides is 2. The minimum atomic E-state index is -3.70. The van der Waals surface area contributed by atoms with Crippen molar-refractivity contribution in [2.75, 3.05) is 19.3 Å². The van der Waals surface area contributed by atoms with Gasteiger partial charge in [-0.25, -0.2) is 13.1 Å². The molecule has 33 heavy (non-hydrogen) atoms. The summed E-state index contributed by atoms with van der Waals surface area (Å²) in [5, 5.41) is 5.84. The Morgan fingerprint density at radius 3 is 2.45 bits per heavy atom. The number of rotatable bonds is 8. The van der Waals surface area contributed by atoms with Crippen LogP contribution in [0.5, 0.6) is 0 Å². The first kappa shape index (κ1) is 24.9. The minimum absolute atomic E-state index is 0.0993. The summed E-state index contributed by atoms with van der Waals surface area (Å²) in [6, 6.07) is 8.26. The van der Waals surface area contributed by atoms with Gasteiger partial charge in [-0.15, -0.1) is 4.91 Å². The van der Waals surface area contributed by atoms with Crippen molar-refractivity contribution in [3.05, 3.63) is 79.0 Å². The first-order valence-electron chi connectivity index (χ1n) is 9.56. The number of benzene rings is 2. The predicted octanol–water partition coefficient (Wildman–Crippen LogP) is 3.25. The SMILES string of the molecule is CS(=O)(=O)NC[C@H](CN=O)N1C(=O)c2ccccc2C(C(=O)N=O)C1c1ccc(Cl)cc1Cl. The largest absolute Gasteiger partial charge is 0.324 e. The Labute approximate surface area is 199 Å². The fourth-order valence-electron chi connectivity index (χ4n) is 3.93. The van der Waals surface area contributed by atoms with Crippen LogP contribution in [-0.4, -0.2) is 50.5 Å². The second-order valence-electron chi connectivity index (χ2n) is 7.40. The number of sulfonamides is 1. The summed E-state index contributed by atoms with van der Waals surface area (Å²) in [6.07, 6.45) is 0.919. The molecule has 2 amide bonds. The molecule has 13 heteroatoms. The van der Waals surface area contributed by atoms with Gasteiger partial charge in [-0.3, -0.25) is 9.59 Å². The molecule has 174 valence electrons. The number of hydrogen-bond donors (Lipinski definition) is 1. The van der Waals surface area contributed by atoms with E-state index < -0.39 is 46.4 Å². The molecule has 3 rings (SSSR count). The molecule has 2 aromatic carbocycles. The van der Waals surface area contributed by atoms with Gasteiger partial charge in [0.25, 0.3) is 11.8 Å². The van der Waals surface area contributed by atoms with Gasteiger partial charge in [0.15, 0.2) is 0 Å². The third-order valence-corrected chi connectivity index (χ3v) is 6.53. The summed E-state index contributed by atoms with van der Waals surface area (Å²) in [7, 11) is -3.70. The van der Waals surface area contributed by atoms with Gasteiger partial charge in [-0.1, -0.05) is 52.6 Å². The van der Waals surface area contributed by atoms with Crippen molar-refractivity contribution in [3.8, 4) is 0 Å². The average Bonchev–Trinajstić information content (AvgIpc) is 2.76. The number of nitrogens with one attached hydrogen (secondary N) is 1. The van der Waals surface area contributed by atoms with Gasteiger partial charge in [-0.05, 0) is 29.3 Å². The summed E-state index contributed by atoms with van der Waals surface area (Å²) in [6.45, 7) is -0.858. The first-order chi connectivity index (χ1) is 15.6. The molecule has 1 aliphatic heterocycles. The van der Waals surface area contributed by atoms with Gasteiger partial charge in [0.05, 0.1) is 24.3 Å². The Morgan fingerprint density at radius 2 is 1.85 bits per heavy atom.